The van der Waals surface area contributed by atoms with E-state index in [4.69, 9.17) is 0 Å². The third-order valence-corrected chi connectivity index (χ3v) is 2.50. The van der Waals surface area contributed by atoms with Crippen molar-refractivity contribution in [2.45, 2.75) is 6.92 Å². The molecule has 0 saturated heterocycles. The minimum absolute atomic E-state index is 1.10. The molecule has 16 heavy (non-hydrogen) atoms. The van der Waals surface area contributed by atoms with Crippen molar-refractivity contribution in [1.82, 2.24) is 10.4 Å². The van der Waals surface area contributed by atoms with Crippen LogP contribution >= 0.6 is 0 Å². The number of rotatable bonds is 3. The first kappa shape index (κ1) is 10.6. The summed E-state index contributed by atoms with van der Waals surface area (Å²) in [6, 6.07) is 10.4. The molecule has 0 aliphatic rings. The molecule has 0 saturated carbocycles. The molecule has 0 fully saturated rings. The maximum Gasteiger partial charge on any atom is 0.0517 e. The molecule has 0 unspecified atom stereocenters. The Morgan fingerprint density at radius 2 is 1.75 bits per heavy atom. The van der Waals surface area contributed by atoms with E-state index in [1.165, 1.54) is 16.7 Å². The molecular formula is C13H15N3. The number of aryl methyl sites for hydroxylation is 1. The Labute approximate surface area is 95.5 Å². The molecule has 0 spiro atoms. The van der Waals surface area contributed by atoms with Gasteiger partial charge in [0.05, 0.1) is 5.69 Å². The summed E-state index contributed by atoms with van der Waals surface area (Å²) in [6.07, 6.45) is 3.62. The Hall–Kier alpha value is -1.87. The quantitative estimate of drug-likeness (QED) is 0.769. The van der Waals surface area contributed by atoms with Crippen LogP contribution in [0.25, 0.3) is 11.1 Å². The average molecular weight is 213 g/mol. The summed E-state index contributed by atoms with van der Waals surface area (Å²) in [4.78, 5) is 4.02. The zero-order valence-electron chi connectivity index (χ0n) is 9.49. The van der Waals surface area contributed by atoms with E-state index in [-0.39, 0.29) is 0 Å². The van der Waals surface area contributed by atoms with Crippen LogP contribution < -0.4 is 10.9 Å². The van der Waals surface area contributed by atoms with E-state index in [1.807, 2.05) is 31.6 Å². The standard InChI is InChI=1S/C13H15N3/c1-10-9-12(3-4-13(10)16-14-2)11-5-7-15-8-6-11/h3-9,14,16H,1-2H3. The number of nitrogens with zero attached hydrogens (tertiary/aromatic N) is 1. The monoisotopic (exact) mass is 213 g/mol. The average Bonchev–Trinajstić information content (AvgIpc) is 2.33. The van der Waals surface area contributed by atoms with Crippen LogP contribution in [0.1, 0.15) is 5.56 Å². The van der Waals surface area contributed by atoms with Crippen LogP contribution in [0.2, 0.25) is 0 Å². The molecule has 0 bridgehead atoms. The van der Waals surface area contributed by atoms with Gasteiger partial charge in [-0.1, -0.05) is 6.07 Å². The smallest absolute Gasteiger partial charge is 0.0517 e. The van der Waals surface area contributed by atoms with Crippen molar-refractivity contribution in [2.24, 2.45) is 0 Å². The topological polar surface area (TPSA) is 37.0 Å². The van der Waals surface area contributed by atoms with Gasteiger partial charge < -0.3 is 5.43 Å². The zero-order chi connectivity index (χ0) is 11.4. The van der Waals surface area contributed by atoms with Gasteiger partial charge in [-0.2, -0.15) is 0 Å². The van der Waals surface area contributed by atoms with Crippen molar-refractivity contribution < 1.29 is 0 Å². The fourth-order valence-corrected chi connectivity index (χ4v) is 1.66. The lowest BCUT2D eigenvalue weighted by Crippen LogP contribution is -2.15. The van der Waals surface area contributed by atoms with E-state index in [1.54, 1.807) is 0 Å². The van der Waals surface area contributed by atoms with Gasteiger partial charge in [-0.05, 0) is 47.9 Å². The van der Waals surface area contributed by atoms with E-state index >= 15 is 0 Å². The van der Waals surface area contributed by atoms with Crippen molar-refractivity contribution in [1.29, 1.82) is 0 Å². The van der Waals surface area contributed by atoms with Gasteiger partial charge in [-0.3, -0.25) is 4.98 Å². The lowest BCUT2D eigenvalue weighted by atomic mass is 10.0. The van der Waals surface area contributed by atoms with Gasteiger partial charge in [0.15, 0.2) is 0 Å². The second kappa shape index (κ2) is 4.77. The fourth-order valence-electron chi connectivity index (χ4n) is 1.66. The molecule has 0 radical (unpaired) electrons. The summed E-state index contributed by atoms with van der Waals surface area (Å²) in [5, 5.41) is 0. The minimum Gasteiger partial charge on any atom is -0.321 e. The highest BCUT2D eigenvalue weighted by molar-refractivity contribution is 5.67. The van der Waals surface area contributed by atoms with Gasteiger partial charge in [0.25, 0.3) is 0 Å². The molecule has 82 valence electrons. The number of hydrazine groups is 1. The summed E-state index contributed by atoms with van der Waals surface area (Å²) in [5.74, 6) is 0. The van der Waals surface area contributed by atoms with Crippen LogP contribution in [0.5, 0.6) is 0 Å². The van der Waals surface area contributed by atoms with Crippen LogP contribution in [0.4, 0.5) is 5.69 Å². The summed E-state index contributed by atoms with van der Waals surface area (Å²) >= 11 is 0. The highest BCUT2D eigenvalue weighted by atomic mass is 15.3. The molecule has 1 aromatic heterocycles. The molecule has 3 heteroatoms. The van der Waals surface area contributed by atoms with E-state index in [2.05, 4.69) is 41.0 Å². The second-order valence-corrected chi connectivity index (χ2v) is 3.64. The number of anilines is 1. The number of hydrogen-bond donors (Lipinski definition) is 2. The van der Waals surface area contributed by atoms with E-state index in [9.17, 15) is 0 Å². The van der Waals surface area contributed by atoms with Gasteiger partial charge >= 0.3 is 0 Å². The number of pyridine rings is 1. The summed E-state index contributed by atoms with van der Waals surface area (Å²) in [5.41, 5.74) is 10.7. The molecule has 0 amide bonds. The molecule has 2 N–H and O–H groups in total. The van der Waals surface area contributed by atoms with Crippen LogP contribution in [0.3, 0.4) is 0 Å². The van der Waals surface area contributed by atoms with Crippen LogP contribution in [-0.2, 0) is 0 Å². The maximum atomic E-state index is 4.02. The summed E-state index contributed by atoms with van der Waals surface area (Å²) < 4.78 is 0. The Kier molecular flexibility index (Phi) is 3.17. The Morgan fingerprint density at radius 3 is 2.38 bits per heavy atom. The third kappa shape index (κ3) is 2.20. The van der Waals surface area contributed by atoms with Gasteiger partial charge in [-0.15, -0.1) is 0 Å². The predicted molar refractivity (Wildman–Crippen MR) is 67.1 cm³/mol. The summed E-state index contributed by atoms with van der Waals surface area (Å²) in [7, 11) is 1.86. The largest absolute Gasteiger partial charge is 0.321 e. The van der Waals surface area contributed by atoms with Gasteiger partial charge in [0.2, 0.25) is 0 Å². The maximum absolute atomic E-state index is 4.02. The highest BCUT2D eigenvalue weighted by Crippen LogP contribution is 2.23. The number of aromatic nitrogens is 1. The predicted octanol–water partition coefficient (Wildman–Crippen LogP) is 2.60. The molecular weight excluding hydrogens is 198 g/mol. The Morgan fingerprint density at radius 1 is 1.00 bits per heavy atom. The van der Waals surface area contributed by atoms with Crippen molar-refractivity contribution in [2.75, 3.05) is 12.5 Å². The minimum atomic E-state index is 1.10. The van der Waals surface area contributed by atoms with Crippen molar-refractivity contribution in [3.63, 3.8) is 0 Å². The first-order chi connectivity index (χ1) is 7.81. The van der Waals surface area contributed by atoms with Gasteiger partial charge in [0, 0.05) is 19.4 Å². The summed E-state index contributed by atoms with van der Waals surface area (Å²) in [6.45, 7) is 2.09. The van der Waals surface area contributed by atoms with E-state index < -0.39 is 0 Å². The van der Waals surface area contributed by atoms with Crippen molar-refractivity contribution in [3.8, 4) is 11.1 Å². The van der Waals surface area contributed by atoms with Crippen molar-refractivity contribution in [3.05, 3.63) is 48.3 Å². The molecule has 2 rings (SSSR count). The molecule has 1 aromatic carbocycles. The Bertz CT molecular complexity index is 466. The molecule has 0 aliphatic heterocycles. The molecule has 3 nitrogen and oxygen atoms in total. The molecule has 0 aliphatic carbocycles. The molecule has 2 aromatic rings. The second-order valence-electron chi connectivity index (χ2n) is 3.64. The van der Waals surface area contributed by atoms with Crippen molar-refractivity contribution >= 4 is 5.69 Å². The number of benzene rings is 1. The van der Waals surface area contributed by atoms with E-state index in [0.717, 1.165) is 5.69 Å². The van der Waals surface area contributed by atoms with Crippen LogP contribution in [-0.4, -0.2) is 12.0 Å². The van der Waals surface area contributed by atoms with Gasteiger partial charge in [0.1, 0.15) is 0 Å². The third-order valence-electron chi connectivity index (χ3n) is 2.50. The van der Waals surface area contributed by atoms with Crippen LogP contribution in [0, 0.1) is 6.92 Å². The number of nitrogens with one attached hydrogen (secondary N) is 2. The lowest BCUT2D eigenvalue weighted by Gasteiger charge is -2.09. The fraction of sp³-hybridized carbons (Fsp3) is 0.154. The number of hydrogen-bond acceptors (Lipinski definition) is 3. The lowest BCUT2D eigenvalue weighted by molar-refractivity contribution is 0.980. The first-order valence-electron chi connectivity index (χ1n) is 5.25. The highest BCUT2D eigenvalue weighted by Gasteiger charge is 2.00. The van der Waals surface area contributed by atoms with Gasteiger partial charge in [-0.25, -0.2) is 5.43 Å². The molecule has 0 atom stereocenters. The van der Waals surface area contributed by atoms with E-state index in [0.29, 0.717) is 0 Å². The first-order valence-corrected chi connectivity index (χ1v) is 5.25. The molecule has 1 heterocycles. The van der Waals surface area contributed by atoms with Crippen LogP contribution in [0.15, 0.2) is 42.7 Å². The Balaban J connectivity index is 2.35. The zero-order valence-corrected chi connectivity index (χ0v) is 9.49. The SMILES string of the molecule is CNNc1ccc(-c2ccncc2)cc1C. The normalized spacial score (nSPS) is 10.1.